The van der Waals surface area contributed by atoms with E-state index in [9.17, 15) is 0 Å². The number of ether oxygens (including phenoxy) is 1. The quantitative estimate of drug-likeness (QED) is 0.641. The lowest BCUT2D eigenvalue weighted by atomic mass is 9.89. The van der Waals surface area contributed by atoms with Gasteiger partial charge in [0.15, 0.2) is 0 Å². The number of likely N-dealkylation sites (tertiary alicyclic amines) is 1. The molecule has 3 fully saturated rings. The molecule has 148 valence electrons. The van der Waals surface area contributed by atoms with Crippen molar-refractivity contribution in [1.29, 1.82) is 0 Å². The molecule has 0 unspecified atom stereocenters. The Hall–Kier alpha value is -0.810. The lowest BCUT2D eigenvalue weighted by molar-refractivity contribution is 0.0652. The molecule has 2 heterocycles. The molecule has 1 aliphatic carbocycles. The Bertz CT molecular complexity index is 610. The van der Waals surface area contributed by atoms with Crippen molar-refractivity contribution in [3.8, 4) is 0 Å². The van der Waals surface area contributed by atoms with Crippen LogP contribution < -0.4 is 0 Å². The van der Waals surface area contributed by atoms with Crippen molar-refractivity contribution in [2.45, 2.75) is 62.8 Å². The average molecular weight is 387 g/mol. The van der Waals surface area contributed by atoms with Crippen LogP contribution in [0.3, 0.4) is 0 Å². The van der Waals surface area contributed by atoms with Gasteiger partial charge in [0, 0.05) is 44.1 Å². The van der Waals surface area contributed by atoms with Crippen molar-refractivity contribution in [3.05, 3.63) is 41.0 Å². The number of hydrogen-bond donors (Lipinski definition) is 0. The highest BCUT2D eigenvalue weighted by Crippen LogP contribution is 2.29. The van der Waals surface area contributed by atoms with Gasteiger partial charge >= 0.3 is 0 Å². The minimum Gasteiger partial charge on any atom is -0.381 e. The minimum absolute atomic E-state index is 0.665. The molecule has 1 aromatic rings. The van der Waals surface area contributed by atoms with Crippen molar-refractivity contribution in [3.63, 3.8) is 0 Å². The summed E-state index contributed by atoms with van der Waals surface area (Å²) in [6.45, 7) is 4.36. The highest BCUT2D eigenvalue weighted by Gasteiger charge is 2.26. The van der Waals surface area contributed by atoms with Crippen LogP contribution in [0.15, 0.2) is 29.8 Å². The van der Waals surface area contributed by atoms with E-state index in [4.69, 9.17) is 4.74 Å². The van der Waals surface area contributed by atoms with Gasteiger partial charge < -0.3 is 4.74 Å². The molecule has 4 heteroatoms. The van der Waals surface area contributed by atoms with Crippen LogP contribution >= 0.6 is 11.9 Å². The van der Waals surface area contributed by atoms with E-state index < -0.39 is 0 Å². The summed E-state index contributed by atoms with van der Waals surface area (Å²) in [6, 6.07) is 10.8. The van der Waals surface area contributed by atoms with Gasteiger partial charge in [-0.25, -0.2) is 0 Å². The SMILES string of the molecule is CN(SCc1ccc(C=C2CCN(C3CCC3)CC2)cc1)C1CCOCC1. The summed E-state index contributed by atoms with van der Waals surface area (Å²) in [4.78, 5) is 2.72. The van der Waals surface area contributed by atoms with Gasteiger partial charge in [-0.3, -0.25) is 9.21 Å². The fourth-order valence-corrected chi connectivity index (χ4v) is 5.32. The molecule has 0 aromatic heterocycles. The number of nitrogens with zero attached hydrogens (tertiary/aromatic N) is 2. The van der Waals surface area contributed by atoms with Gasteiger partial charge in [-0.2, -0.15) is 0 Å². The fraction of sp³-hybridized carbons (Fsp3) is 0.652. The van der Waals surface area contributed by atoms with Crippen LogP contribution in [0.2, 0.25) is 0 Å². The maximum Gasteiger partial charge on any atom is 0.0481 e. The van der Waals surface area contributed by atoms with Crippen LogP contribution in [0, 0.1) is 0 Å². The highest BCUT2D eigenvalue weighted by atomic mass is 32.2. The first-order chi connectivity index (χ1) is 13.3. The molecule has 27 heavy (non-hydrogen) atoms. The molecule has 2 aliphatic heterocycles. The average Bonchev–Trinajstić information content (AvgIpc) is 2.68. The molecule has 1 saturated carbocycles. The molecule has 0 atom stereocenters. The molecule has 0 spiro atoms. The van der Waals surface area contributed by atoms with Crippen LogP contribution in [0.5, 0.6) is 0 Å². The van der Waals surface area contributed by atoms with E-state index in [0.29, 0.717) is 6.04 Å². The van der Waals surface area contributed by atoms with Gasteiger partial charge in [-0.1, -0.05) is 54.3 Å². The van der Waals surface area contributed by atoms with Gasteiger partial charge in [-0.15, -0.1) is 0 Å². The third kappa shape index (κ3) is 5.38. The van der Waals surface area contributed by atoms with Crippen LogP contribution in [0.1, 0.15) is 56.1 Å². The number of rotatable bonds is 6. The van der Waals surface area contributed by atoms with Gasteiger partial charge in [0.1, 0.15) is 0 Å². The van der Waals surface area contributed by atoms with E-state index in [0.717, 1.165) is 37.9 Å². The zero-order chi connectivity index (χ0) is 18.5. The molecule has 0 bridgehead atoms. The Labute approximate surface area is 169 Å². The molecule has 1 aromatic carbocycles. The molecule has 0 N–H and O–H groups in total. The van der Waals surface area contributed by atoms with Crippen LogP contribution in [0.4, 0.5) is 0 Å². The predicted molar refractivity (Wildman–Crippen MR) is 116 cm³/mol. The zero-order valence-corrected chi connectivity index (χ0v) is 17.6. The topological polar surface area (TPSA) is 15.7 Å². The Kier molecular flexibility index (Phi) is 6.93. The number of hydrogen-bond acceptors (Lipinski definition) is 4. The van der Waals surface area contributed by atoms with Crippen LogP contribution in [-0.2, 0) is 10.5 Å². The maximum atomic E-state index is 5.47. The lowest BCUT2D eigenvalue weighted by Gasteiger charge is -2.40. The standard InChI is InChI=1S/C23H34N2OS/c1-24(22-11-15-26-16-12-22)27-18-21-7-5-19(6-8-21)17-20-9-13-25(14-10-20)23-3-2-4-23/h5-8,17,22-23H,2-4,9-16,18H2,1H3. The summed E-state index contributed by atoms with van der Waals surface area (Å²) in [7, 11) is 2.23. The van der Waals surface area contributed by atoms with E-state index >= 15 is 0 Å². The zero-order valence-electron chi connectivity index (χ0n) is 16.7. The monoisotopic (exact) mass is 386 g/mol. The normalized spacial score (nSPS) is 22.8. The van der Waals surface area contributed by atoms with E-state index in [1.54, 1.807) is 5.57 Å². The summed E-state index contributed by atoms with van der Waals surface area (Å²) in [5.41, 5.74) is 4.42. The van der Waals surface area contributed by atoms with Crippen LogP contribution in [-0.4, -0.2) is 54.6 Å². The van der Waals surface area contributed by atoms with Gasteiger partial charge in [-0.05, 0) is 56.7 Å². The van der Waals surface area contributed by atoms with Gasteiger partial charge in [0.05, 0.1) is 0 Å². The summed E-state index contributed by atoms with van der Waals surface area (Å²) in [5, 5.41) is 0. The maximum absolute atomic E-state index is 5.47. The summed E-state index contributed by atoms with van der Waals surface area (Å²) < 4.78 is 7.91. The number of benzene rings is 1. The van der Waals surface area contributed by atoms with Gasteiger partial charge in [0.2, 0.25) is 0 Å². The number of piperidine rings is 1. The first-order valence-corrected chi connectivity index (χ1v) is 11.7. The third-order valence-electron chi connectivity index (χ3n) is 6.52. The molecule has 3 aliphatic rings. The van der Waals surface area contributed by atoms with E-state index in [1.807, 2.05) is 11.9 Å². The second-order valence-corrected chi connectivity index (χ2v) is 9.45. The van der Waals surface area contributed by atoms with E-state index in [1.165, 1.54) is 56.3 Å². The first-order valence-electron chi connectivity index (χ1n) is 10.7. The molecular weight excluding hydrogens is 352 g/mol. The largest absolute Gasteiger partial charge is 0.381 e. The van der Waals surface area contributed by atoms with Crippen LogP contribution in [0.25, 0.3) is 6.08 Å². The highest BCUT2D eigenvalue weighted by molar-refractivity contribution is 7.96. The summed E-state index contributed by atoms with van der Waals surface area (Å²) >= 11 is 1.94. The fourth-order valence-electron chi connectivity index (χ4n) is 4.35. The molecule has 2 saturated heterocycles. The summed E-state index contributed by atoms with van der Waals surface area (Å²) in [5.74, 6) is 1.06. The van der Waals surface area contributed by atoms with Gasteiger partial charge in [0.25, 0.3) is 0 Å². The summed E-state index contributed by atoms with van der Waals surface area (Å²) in [6.07, 6.45) is 11.6. The molecule has 4 rings (SSSR count). The van der Waals surface area contributed by atoms with E-state index in [2.05, 4.69) is 46.6 Å². The minimum atomic E-state index is 0.665. The lowest BCUT2D eigenvalue weighted by Crippen LogP contribution is -2.43. The second kappa shape index (κ2) is 9.60. The van der Waals surface area contributed by atoms with E-state index in [-0.39, 0.29) is 0 Å². The smallest absolute Gasteiger partial charge is 0.0481 e. The molecule has 0 amide bonds. The van der Waals surface area contributed by atoms with Crippen molar-refractivity contribution >= 4 is 18.0 Å². The Morgan fingerprint density at radius 3 is 2.41 bits per heavy atom. The van der Waals surface area contributed by atoms with Crippen molar-refractivity contribution < 1.29 is 4.74 Å². The molecule has 0 radical (unpaired) electrons. The Morgan fingerprint density at radius 2 is 1.78 bits per heavy atom. The van der Waals surface area contributed by atoms with Crippen molar-refractivity contribution in [2.75, 3.05) is 33.4 Å². The predicted octanol–water partition coefficient (Wildman–Crippen LogP) is 4.98. The first kappa shape index (κ1) is 19.5. The third-order valence-corrected chi connectivity index (χ3v) is 7.69. The van der Waals surface area contributed by atoms with Crippen molar-refractivity contribution in [1.82, 2.24) is 9.21 Å². The van der Waals surface area contributed by atoms with Crippen molar-refractivity contribution in [2.24, 2.45) is 0 Å². The Morgan fingerprint density at radius 1 is 1.07 bits per heavy atom. The Balaban J connectivity index is 1.23. The molecular formula is C23H34N2OS. The second-order valence-electron chi connectivity index (χ2n) is 8.33. The molecule has 3 nitrogen and oxygen atoms in total.